The standard InChI is InChI=1S/C33H24Cl3N9O14S3/c1-11-4-15(44-32(38-11)41-26(42-44)29(51)52)25(60)18-3-2-14-23(28(50)45(14)62(18)33(54)55)40-27(49)22(13-10-61-31(37)39-13)43-59-30(53)12-5-16(56-19(46)7-34)24(58-21(48)9-36)17(6-12)57-20(47)8-35/h4-6,10,14,23H,2-3,7-9H2,1H3,(H2,37,39)(H,40,49)(H,51,52)(H,54,55)/t14-,23-,62?/m1/s1. The molecule has 1 fully saturated rings. The third-order valence-electron chi connectivity index (χ3n) is 8.28. The van der Waals surface area contributed by atoms with Gasteiger partial charge in [0.05, 0.1) is 22.2 Å². The molecule has 5 N–H and O–H groups in total. The van der Waals surface area contributed by atoms with Gasteiger partial charge in [-0.1, -0.05) is 17.4 Å². The Morgan fingerprint density at radius 1 is 0.984 bits per heavy atom. The Hall–Kier alpha value is -6.19. The summed E-state index contributed by atoms with van der Waals surface area (Å²) in [5.41, 5.74) is 4.82. The van der Waals surface area contributed by atoms with Gasteiger partial charge in [0.25, 0.3) is 23.4 Å². The quantitative estimate of drug-likeness (QED) is 0.0162. The number of carboxylic acid groups (broad SMARTS) is 2. The molecule has 62 heavy (non-hydrogen) atoms. The second-order valence-electron chi connectivity index (χ2n) is 12.3. The SMILES string of the molecule is Cc1cc(C(=S)C2=S(C(=O)O)N3C(=O)[C@H](NC(=O)C(=NOC(=O)c4cc(OC(=O)CCl)c(OC(=O)CCl)c(OC(=O)CCl)c4)c4csc(N)n4)[C@H]3CC2)n2nc(C(=O)O)nc2n1. The minimum absolute atomic E-state index is 0.0217. The van der Waals surface area contributed by atoms with Gasteiger partial charge >= 0.3 is 35.1 Å². The third kappa shape index (κ3) is 9.33. The summed E-state index contributed by atoms with van der Waals surface area (Å²) in [7, 11) is -1.98. The number of nitrogen functional groups attached to an aromatic ring is 1. The fourth-order valence-electron chi connectivity index (χ4n) is 5.79. The topological polar surface area (TPSA) is 324 Å². The van der Waals surface area contributed by atoms with Gasteiger partial charge < -0.3 is 40.3 Å². The molecule has 23 nitrogen and oxygen atoms in total. The first-order chi connectivity index (χ1) is 29.4. The number of thiazole rings is 1. The van der Waals surface area contributed by atoms with E-state index < -0.39 is 122 Å². The lowest BCUT2D eigenvalue weighted by atomic mass is 9.92. The molecule has 6 rings (SSSR count). The molecule has 0 saturated carbocycles. The molecule has 1 aromatic carbocycles. The van der Waals surface area contributed by atoms with Crippen molar-refractivity contribution in [3.63, 3.8) is 0 Å². The highest BCUT2D eigenvalue weighted by atomic mass is 35.5. The number of nitrogens with two attached hydrogens (primary N) is 1. The summed E-state index contributed by atoms with van der Waals surface area (Å²) in [5, 5.41) is 29.7. The molecule has 29 heteroatoms. The van der Waals surface area contributed by atoms with E-state index in [1.54, 1.807) is 6.92 Å². The monoisotopic (exact) mass is 971 g/mol. The number of aromatic carboxylic acids is 1. The molecule has 3 aromatic heterocycles. The highest BCUT2D eigenvalue weighted by molar-refractivity contribution is 8.28. The van der Waals surface area contributed by atoms with E-state index in [4.69, 9.17) is 71.8 Å². The van der Waals surface area contributed by atoms with E-state index in [0.29, 0.717) is 5.69 Å². The van der Waals surface area contributed by atoms with Crippen molar-refractivity contribution >= 4 is 142 Å². The fourth-order valence-corrected chi connectivity index (χ4v) is 8.99. The number of β-lactam (4-membered cyclic amide) rings is 1. The number of nitrogens with zero attached hydrogens (tertiary/aromatic N) is 7. The summed E-state index contributed by atoms with van der Waals surface area (Å²) in [6.45, 7) is 1.59. The lowest BCUT2D eigenvalue weighted by Gasteiger charge is -2.50. The van der Waals surface area contributed by atoms with Crippen molar-refractivity contribution in [2.24, 2.45) is 5.16 Å². The zero-order valence-electron chi connectivity index (χ0n) is 30.9. The maximum atomic E-state index is 13.8. The number of anilines is 1. The number of carbonyl (C=O) groups excluding carboxylic acids is 6. The summed E-state index contributed by atoms with van der Waals surface area (Å²) >= 11 is 23.2. The van der Waals surface area contributed by atoms with Gasteiger partial charge in [-0.05, 0) is 38.0 Å². The molecule has 1 unspecified atom stereocenters. The Morgan fingerprint density at radius 2 is 1.61 bits per heavy atom. The van der Waals surface area contributed by atoms with Crippen LogP contribution in [0.4, 0.5) is 9.93 Å². The number of rotatable bonds is 14. The molecule has 2 aliphatic rings. The van der Waals surface area contributed by atoms with Crippen molar-refractivity contribution in [2.45, 2.75) is 31.8 Å². The second kappa shape index (κ2) is 18.8. The summed E-state index contributed by atoms with van der Waals surface area (Å²) < 4.78 is 17.4. The number of esters is 3. The van der Waals surface area contributed by atoms with Crippen LogP contribution in [0.15, 0.2) is 28.7 Å². The number of benzene rings is 1. The van der Waals surface area contributed by atoms with Gasteiger partial charge in [0, 0.05) is 26.6 Å². The van der Waals surface area contributed by atoms with Crippen molar-refractivity contribution in [3.8, 4) is 17.2 Å². The lowest BCUT2D eigenvalue weighted by Crippen LogP contribution is -2.70. The molecule has 1 saturated heterocycles. The normalized spacial score (nSPS) is 17.1. The number of oxime groups is 1. The first kappa shape index (κ1) is 45.3. The van der Waals surface area contributed by atoms with Crippen LogP contribution in [0.5, 0.6) is 17.2 Å². The predicted octanol–water partition coefficient (Wildman–Crippen LogP) is 2.11. The molecule has 2 amide bonds. The number of alkyl halides is 3. The average Bonchev–Trinajstić information content (AvgIpc) is 3.88. The molecule has 324 valence electrons. The second-order valence-corrected chi connectivity index (χ2v) is 16.2. The van der Waals surface area contributed by atoms with E-state index in [2.05, 4.69) is 30.5 Å². The van der Waals surface area contributed by atoms with E-state index >= 15 is 0 Å². The van der Waals surface area contributed by atoms with Crippen LogP contribution in [-0.4, -0.2) is 131 Å². The fraction of sp³-hybridized carbons (Fsp3) is 0.242. The average molecular weight is 973 g/mol. The number of carboxylic acids is 1. The Morgan fingerprint density at radius 3 is 2.18 bits per heavy atom. The number of ether oxygens (including phenoxy) is 3. The third-order valence-corrected chi connectivity index (χ3v) is 12.2. The van der Waals surface area contributed by atoms with Crippen molar-refractivity contribution < 1.29 is 67.6 Å². The maximum Gasteiger partial charge on any atom is 0.378 e. The Labute approximate surface area is 372 Å². The highest BCUT2D eigenvalue weighted by Crippen LogP contribution is 2.43. The lowest BCUT2D eigenvalue weighted by molar-refractivity contribution is -0.143. The molecule has 5 heterocycles. The number of carbonyl (C=O) groups is 8. The van der Waals surface area contributed by atoms with Crippen molar-refractivity contribution in [2.75, 3.05) is 23.4 Å². The van der Waals surface area contributed by atoms with Crippen LogP contribution < -0.4 is 25.3 Å². The number of nitrogens with one attached hydrogen (secondary N) is 1. The molecule has 4 aromatic rings. The molecule has 0 spiro atoms. The summed E-state index contributed by atoms with van der Waals surface area (Å²) in [6.07, 6.45) is 0.121. The van der Waals surface area contributed by atoms with Crippen LogP contribution in [0.1, 0.15) is 50.9 Å². The minimum Gasteiger partial charge on any atom is -0.475 e. The smallest absolute Gasteiger partial charge is 0.378 e. The summed E-state index contributed by atoms with van der Waals surface area (Å²) in [4.78, 5) is 119. The Balaban J connectivity index is 1.28. The molecular formula is C33H24Cl3N9O14S3. The minimum atomic E-state index is -1.98. The number of hydrogen-bond donors (Lipinski definition) is 4. The van der Waals surface area contributed by atoms with E-state index in [1.807, 2.05) is 0 Å². The number of thiocarbonyl (C=S) groups is 1. The first-order valence-corrected chi connectivity index (χ1v) is 21.0. The van der Waals surface area contributed by atoms with Crippen LogP contribution in [0, 0.1) is 6.92 Å². The number of aryl methyl sites for hydroxylation is 1. The number of amides is 2. The first-order valence-electron chi connectivity index (χ1n) is 16.9. The summed E-state index contributed by atoms with van der Waals surface area (Å²) in [5.74, 6) is -12.8. The largest absolute Gasteiger partial charge is 0.475 e. The van der Waals surface area contributed by atoms with E-state index in [0.717, 1.165) is 32.3 Å². The maximum absolute atomic E-state index is 13.8. The number of hydrogen-bond acceptors (Lipinski definition) is 20. The highest BCUT2D eigenvalue weighted by Gasteiger charge is 2.54. The molecule has 2 aliphatic heterocycles. The zero-order chi connectivity index (χ0) is 45.2. The van der Waals surface area contributed by atoms with E-state index in [-0.39, 0.29) is 44.9 Å². The van der Waals surface area contributed by atoms with Gasteiger partial charge in [-0.25, -0.2) is 24.4 Å². The number of aromatic nitrogens is 5. The molecule has 0 bridgehead atoms. The van der Waals surface area contributed by atoms with Crippen LogP contribution in [0.25, 0.3) is 5.78 Å². The van der Waals surface area contributed by atoms with Gasteiger partial charge in [-0.3, -0.25) is 28.3 Å². The Kier molecular flexibility index (Phi) is 13.8. The predicted molar refractivity (Wildman–Crippen MR) is 221 cm³/mol. The number of halogens is 3. The van der Waals surface area contributed by atoms with Gasteiger partial charge in [-0.15, -0.1) is 51.2 Å². The van der Waals surface area contributed by atoms with Crippen molar-refractivity contribution in [3.05, 3.63) is 52.0 Å². The van der Waals surface area contributed by atoms with Crippen LogP contribution in [-0.2, 0) is 28.8 Å². The van der Waals surface area contributed by atoms with Crippen molar-refractivity contribution in [1.29, 1.82) is 0 Å². The molecule has 3 atom stereocenters. The van der Waals surface area contributed by atoms with Gasteiger partial charge in [0.15, 0.2) is 22.3 Å². The van der Waals surface area contributed by atoms with Gasteiger partial charge in [0.1, 0.15) is 29.4 Å². The molecule has 0 radical (unpaired) electrons. The van der Waals surface area contributed by atoms with Gasteiger partial charge in [0.2, 0.25) is 5.75 Å². The summed E-state index contributed by atoms with van der Waals surface area (Å²) in [6, 6.07) is 0.944. The van der Waals surface area contributed by atoms with Crippen LogP contribution in [0.2, 0.25) is 0 Å². The number of fused-ring (bicyclic) bond motifs is 2. The van der Waals surface area contributed by atoms with E-state index in [1.165, 1.54) is 11.4 Å². The van der Waals surface area contributed by atoms with Crippen LogP contribution in [0.3, 0.4) is 0 Å². The Bertz CT molecular complexity index is 2670. The zero-order valence-corrected chi connectivity index (χ0v) is 35.6. The van der Waals surface area contributed by atoms with Crippen molar-refractivity contribution in [1.82, 2.24) is 34.2 Å². The molecular weight excluding hydrogens is 949 g/mol. The van der Waals surface area contributed by atoms with E-state index in [9.17, 15) is 48.6 Å². The van der Waals surface area contributed by atoms with Crippen LogP contribution >= 0.6 is 69.0 Å². The molecule has 0 aliphatic carbocycles. The van der Waals surface area contributed by atoms with Gasteiger partial charge in [-0.2, -0.15) is 9.50 Å².